The maximum Gasteiger partial charge on any atom is 0.278 e. The van der Waals surface area contributed by atoms with Crippen molar-refractivity contribution in [3.8, 4) is 5.75 Å². The van der Waals surface area contributed by atoms with E-state index in [1.165, 1.54) is 10.9 Å². The zero-order chi connectivity index (χ0) is 24.6. The largest absolute Gasteiger partial charge is 0.497 e. The Bertz CT molecular complexity index is 1650. The summed E-state index contributed by atoms with van der Waals surface area (Å²) in [5, 5.41) is 2.28. The van der Waals surface area contributed by atoms with Crippen molar-refractivity contribution in [1.82, 2.24) is 14.5 Å². The third kappa shape index (κ3) is 3.77. The summed E-state index contributed by atoms with van der Waals surface area (Å²) >= 11 is 0. The van der Waals surface area contributed by atoms with E-state index in [0.717, 1.165) is 33.3 Å². The standard InChI is InChI=1S/C30H26N4O2/c1-33-19-22(25-8-4-6-10-28(25)33)17-27-30(35)34(29(32-27)20-11-13-23(36-2)14-12-20)16-15-21-18-31-26-9-5-3-7-24(21)26/h3-14,17-19,31H,15-16H2,1-2H3/b27-17-. The van der Waals surface area contributed by atoms with E-state index in [1.807, 2.05) is 74.0 Å². The number of amidine groups is 1. The van der Waals surface area contributed by atoms with E-state index in [-0.39, 0.29) is 5.91 Å². The number of aromatic nitrogens is 2. The van der Waals surface area contributed by atoms with Crippen LogP contribution in [0.5, 0.6) is 5.75 Å². The van der Waals surface area contributed by atoms with Gasteiger partial charge in [-0.05, 0) is 54.5 Å². The molecule has 0 atom stereocenters. The van der Waals surface area contributed by atoms with E-state index >= 15 is 0 Å². The minimum atomic E-state index is -0.0893. The number of benzene rings is 3. The zero-order valence-electron chi connectivity index (χ0n) is 20.2. The Balaban J connectivity index is 1.38. The Hall–Kier alpha value is -4.58. The lowest BCUT2D eigenvalue weighted by Crippen LogP contribution is -2.34. The van der Waals surface area contributed by atoms with Gasteiger partial charge in [0, 0.05) is 58.9 Å². The van der Waals surface area contributed by atoms with Gasteiger partial charge in [0.1, 0.15) is 17.3 Å². The lowest BCUT2D eigenvalue weighted by molar-refractivity contribution is -0.122. The van der Waals surface area contributed by atoms with Crippen molar-refractivity contribution in [1.29, 1.82) is 0 Å². The van der Waals surface area contributed by atoms with E-state index in [0.29, 0.717) is 24.5 Å². The minimum Gasteiger partial charge on any atom is -0.497 e. The van der Waals surface area contributed by atoms with Crippen LogP contribution < -0.4 is 4.74 Å². The number of aromatic amines is 1. The number of hydrogen-bond acceptors (Lipinski definition) is 3. The Morgan fingerprint density at radius 2 is 1.72 bits per heavy atom. The topological polar surface area (TPSA) is 62.6 Å². The zero-order valence-corrected chi connectivity index (χ0v) is 20.2. The number of hydrogen-bond donors (Lipinski definition) is 1. The lowest BCUT2D eigenvalue weighted by atomic mass is 10.1. The number of H-pyrrole nitrogens is 1. The summed E-state index contributed by atoms with van der Waals surface area (Å²) in [5.41, 5.74) is 5.69. The predicted octanol–water partition coefficient (Wildman–Crippen LogP) is 5.54. The van der Waals surface area contributed by atoms with Crippen molar-refractivity contribution in [3.05, 3.63) is 108 Å². The summed E-state index contributed by atoms with van der Waals surface area (Å²) in [6.45, 7) is 0.526. The summed E-state index contributed by atoms with van der Waals surface area (Å²) in [5.74, 6) is 1.34. The predicted molar refractivity (Wildman–Crippen MR) is 144 cm³/mol. The molecule has 6 nitrogen and oxygen atoms in total. The molecule has 1 amide bonds. The number of aryl methyl sites for hydroxylation is 1. The first-order chi connectivity index (χ1) is 17.6. The number of ether oxygens (including phenoxy) is 1. The molecule has 3 aromatic carbocycles. The molecular weight excluding hydrogens is 448 g/mol. The van der Waals surface area contributed by atoms with E-state index in [2.05, 4.69) is 33.8 Å². The van der Waals surface area contributed by atoms with Gasteiger partial charge in [-0.3, -0.25) is 9.69 Å². The highest BCUT2D eigenvalue weighted by atomic mass is 16.5. The van der Waals surface area contributed by atoms with Crippen molar-refractivity contribution in [3.63, 3.8) is 0 Å². The first-order valence-electron chi connectivity index (χ1n) is 12.0. The van der Waals surface area contributed by atoms with Crippen molar-refractivity contribution < 1.29 is 9.53 Å². The van der Waals surface area contributed by atoms with Gasteiger partial charge in [0.25, 0.3) is 5.91 Å². The first-order valence-corrected chi connectivity index (χ1v) is 12.0. The molecule has 1 aliphatic rings. The van der Waals surface area contributed by atoms with Gasteiger partial charge in [0.2, 0.25) is 0 Å². The third-order valence-electron chi connectivity index (χ3n) is 6.79. The van der Waals surface area contributed by atoms with Crippen LogP contribution >= 0.6 is 0 Å². The molecule has 1 N–H and O–H groups in total. The molecule has 0 unspecified atom stereocenters. The highest BCUT2D eigenvalue weighted by Crippen LogP contribution is 2.28. The smallest absolute Gasteiger partial charge is 0.278 e. The third-order valence-corrected chi connectivity index (χ3v) is 6.79. The second-order valence-corrected chi connectivity index (χ2v) is 8.97. The highest BCUT2D eigenvalue weighted by Gasteiger charge is 2.31. The fourth-order valence-electron chi connectivity index (χ4n) is 4.92. The first kappa shape index (κ1) is 21.9. The molecule has 178 valence electrons. The summed E-state index contributed by atoms with van der Waals surface area (Å²) < 4.78 is 7.40. The van der Waals surface area contributed by atoms with Crippen molar-refractivity contribution in [2.45, 2.75) is 6.42 Å². The van der Waals surface area contributed by atoms with Crippen LogP contribution in [0.1, 0.15) is 16.7 Å². The number of methoxy groups -OCH3 is 1. The quantitative estimate of drug-likeness (QED) is 0.329. The van der Waals surface area contributed by atoms with Crippen LogP contribution in [0.4, 0.5) is 0 Å². The SMILES string of the molecule is COc1ccc(C2=N/C(=C\c3cn(C)c4ccccc34)C(=O)N2CCc2c[nH]c3ccccc23)cc1. The summed E-state index contributed by atoms with van der Waals surface area (Å²) in [4.78, 5) is 23.7. The molecule has 1 aliphatic heterocycles. The Labute approximate surface area is 209 Å². The van der Waals surface area contributed by atoms with Gasteiger partial charge in [-0.25, -0.2) is 4.99 Å². The number of para-hydroxylation sites is 2. The second-order valence-electron chi connectivity index (χ2n) is 8.97. The molecule has 0 aliphatic carbocycles. The number of carbonyl (C=O) groups excluding carboxylic acids is 1. The maximum atomic E-state index is 13.7. The van der Waals surface area contributed by atoms with Gasteiger partial charge in [0.15, 0.2) is 0 Å². The van der Waals surface area contributed by atoms with Gasteiger partial charge in [0.05, 0.1) is 7.11 Å². The van der Waals surface area contributed by atoms with Gasteiger partial charge < -0.3 is 14.3 Å². The summed E-state index contributed by atoms with van der Waals surface area (Å²) in [7, 11) is 3.66. The number of fused-ring (bicyclic) bond motifs is 2. The Morgan fingerprint density at radius 3 is 2.53 bits per heavy atom. The van der Waals surface area contributed by atoms with Crippen LogP contribution in [0.2, 0.25) is 0 Å². The van der Waals surface area contributed by atoms with Gasteiger partial charge in [-0.15, -0.1) is 0 Å². The molecule has 2 aromatic heterocycles. The van der Waals surface area contributed by atoms with Crippen LogP contribution in [0.3, 0.4) is 0 Å². The summed E-state index contributed by atoms with van der Waals surface area (Å²) in [6.07, 6.45) is 6.69. The normalized spacial score (nSPS) is 14.8. The molecule has 36 heavy (non-hydrogen) atoms. The van der Waals surface area contributed by atoms with E-state index < -0.39 is 0 Å². The van der Waals surface area contributed by atoms with E-state index in [4.69, 9.17) is 9.73 Å². The molecule has 0 fully saturated rings. The Kier molecular flexibility index (Phi) is 5.41. The van der Waals surface area contributed by atoms with Crippen LogP contribution in [0.25, 0.3) is 27.9 Å². The number of nitrogens with one attached hydrogen (secondary N) is 1. The fraction of sp³-hybridized carbons (Fsp3) is 0.133. The van der Waals surface area contributed by atoms with Crippen molar-refractivity contribution in [2.24, 2.45) is 12.0 Å². The molecule has 0 radical (unpaired) electrons. The number of carbonyl (C=O) groups is 1. The highest BCUT2D eigenvalue weighted by molar-refractivity contribution is 6.20. The molecular formula is C30H26N4O2. The number of nitrogens with zero attached hydrogens (tertiary/aromatic N) is 3. The molecule has 0 saturated carbocycles. The average Bonchev–Trinajstić information content (AvgIpc) is 3.57. The minimum absolute atomic E-state index is 0.0893. The Morgan fingerprint density at radius 1 is 0.972 bits per heavy atom. The molecule has 3 heterocycles. The molecule has 6 heteroatoms. The van der Waals surface area contributed by atoms with Gasteiger partial charge in [-0.2, -0.15) is 0 Å². The van der Waals surface area contributed by atoms with E-state index in [1.54, 1.807) is 12.0 Å². The molecule has 0 spiro atoms. The molecule has 0 saturated heterocycles. The number of amides is 1. The molecule has 6 rings (SSSR count). The monoisotopic (exact) mass is 474 g/mol. The fourth-order valence-corrected chi connectivity index (χ4v) is 4.92. The van der Waals surface area contributed by atoms with E-state index in [9.17, 15) is 4.79 Å². The van der Waals surface area contributed by atoms with Crippen molar-refractivity contribution >= 4 is 39.6 Å². The second kappa shape index (κ2) is 8.89. The van der Waals surface area contributed by atoms with Crippen LogP contribution in [0.15, 0.2) is 95.9 Å². The summed E-state index contributed by atoms with van der Waals surface area (Å²) in [6, 6.07) is 24.1. The van der Waals surface area contributed by atoms with Crippen LogP contribution in [-0.4, -0.2) is 39.8 Å². The molecule has 0 bridgehead atoms. The van der Waals surface area contributed by atoms with Crippen LogP contribution in [0, 0.1) is 0 Å². The van der Waals surface area contributed by atoms with Crippen molar-refractivity contribution in [2.75, 3.05) is 13.7 Å². The number of aliphatic imine (C=N–C) groups is 1. The average molecular weight is 475 g/mol. The number of rotatable bonds is 6. The maximum absolute atomic E-state index is 13.7. The van der Waals surface area contributed by atoms with Crippen LogP contribution in [-0.2, 0) is 18.3 Å². The lowest BCUT2D eigenvalue weighted by Gasteiger charge is -2.18. The van der Waals surface area contributed by atoms with Gasteiger partial charge in [-0.1, -0.05) is 36.4 Å². The molecule has 5 aromatic rings. The van der Waals surface area contributed by atoms with Gasteiger partial charge >= 0.3 is 0 Å².